The average Bonchev–Trinajstić information content (AvgIpc) is 2.04. The first-order chi connectivity index (χ1) is 4.72. The summed E-state index contributed by atoms with van der Waals surface area (Å²) in [6, 6.07) is 0. The number of hydrogen-bond acceptors (Lipinski definition) is 2. The van der Waals surface area contributed by atoms with Gasteiger partial charge in [-0.2, -0.15) is 5.10 Å². The van der Waals surface area contributed by atoms with Crippen molar-refractivity contribution in [2.45, 2.75) is 20.8 Å². The quantitative estimate of drug-likeness (QED) is 0.539. The summed E-state index contributed by atoms with van der Waals surface area (Å²) in [6.45, 7) is 6.15. The van der Waals surface area contributed by atoms with Gasteiger partial charge in [0.05, 0.1) is 5.71 Å². The maximum atomic E-state index is 4.08. The number of hydrogen-bond donors (Lipinski definition) is 1. The van der Waals surface area contributed by atoms with Gasteiger partial charge in [-0.15, -0.1) is 0 Å². The van der Waals surface area contributed by atoms with E-state index in [0.717, 1.165) is 5.71 Å². The van der Waals surface area contributed by atoms with E-state index in [1.165, 1.54) is 11.1 Å². The molecule has 10 heavy (non-hydrogen) atoms. The molecule has 54 valence electrons. The van der Waals surface area contributed by atoms with E-state index in [0.29, 0.717) is 0 Å². The van der Waals surface area contributed by atoms with E-state index in [1.807, 2.05) is 19.2 Å². The maximum Gasteiger partial charge on any atom is 0.0607 e. The Bertz CT molecular complexity index is 221. The van der Waals surface area contributed by atoms with Crippen molar-refractivity contribution in [2.24, 2.45) is 5.10 Å². The second kappa shape index (κ2) is 2.69. The molecule has 0 fully saturated rings. The highest BCUT2D eigenvalue weighted by molar-refractivity contribution is 5.98. The van der Waals surface area contributed by atoms with Crippen LogP contribution in [0, 0.1) is 0 Å². The van der Waals surface area contributed by atoms with E-state index in [-0.39, 0.29) is 0 Å². The van der Waals surface area contributed by atoms with Gasteiger partial charge in [0.25, 0.3) is 0 Å². The highest BCUT2D eigenvalue weighted by atomic mass is 15.3. The van der Waals surface area contributed by atoms with E-state index in [4.69, 9.17) is 0 Å². The number of nitrogens with one attached hydrogen (secondary N) is 1. The highest BCUT2D eigenvalue weighted by Crippen LogP contribution is 2.08. The van der Waals surface area contributed by atoms with Crippen LogP contribution in [-0.2, 0) is 0 Å². The van der Waals surface area contributed by atoms with Crippen LogP contribution in [0.3, 0.4) is 0 Å². The summed E-state index contributed by atoms with van der Waals surface area (Å²) in [6.07, 6.45) is 3.87. The van der Waals surface area contributed by atoms with Crippen molar-refractivity contribution < 1.29 is 0 Å². The lowest BCUT2D eigenvalue weighted by Crippen LogP contribution is -1.99. The molecule has 0 bridgehead atoms. The Morgan fingerprint density at radius 2 is 2.00 bits per heavy atom. The normalized spacial score (nSPS) is 18.1. The minimum absolute atomic E-state index is 1.06. The van der Waals surface area contributed by atoms with Crippen LogP contribution < -0.4 is 5.43 Å². The molecule has 1 aliphatic heterocycles. The van der Waals surface area contributed by atoms with Crippen LogP contribution in [0.2, 0.25) is 0 Å². The van der Waals surface area contributed by atoms with Gasteiger partial charge in [-0.25, -0.2) is 0 Å². The van der Waals surface area contributed by atoms with E-state index < -0.39 is 0 Å². The summed E-state index contributed by atoms with van der Waals surface area (Å²) < 4.78 is 0. The predicted octanol–water partition coefficient (Wildman–Crippen LogP) is 1.82. The van der Waals surface area contributed by atoms with Crippen molar-refractivity contribution in [1.82, 2.24) is 5.43 Å². The van der Waals surface area contributed by atoms with E-state index >= 15 is 0 Å². The van der Waals surface area contributed by atoms with Gasteiger partial charge in [-0.3, -0.25) is 5.43 Å². The van der Waals surface area contributed by atoms with E-state index in [2.05, 4.69) is 24.4 Å². The minimum Gasteiger partial charge on any atom is -0.286 e. The van der Waals surface area contributed by atoms with Gasteiger partial charge in [0, 0.05) is 6.20 Å². The Morgan fingerprint density at radius 1 is 1.30 bits per heavy atom. The van der Waals surface area contributed by atoms with Crippen molar-refractivity contribution in [3.05, 3.63) is 23.4 Å². The molecular formula is C8H12N2. The zero-order valence-corrected chi connectivity index (χ0v) is 6.60. The highest BCUT2D eigenvalue weighted by Gasteiger charge is 1.99. The Labute approximate surface area is 61.3 Å². The molecule has 1 N–H and O–H groups in total. The van der Waals surface area contributed by atoms with E-state index in [1.54, 1.807) is 0 Å². The van der Waals surface area contributed by atoms with Crippen LogP contribution in [0.4, 0.5) is 0 Å². The zero-order chi connectivity index (χ0) is 7.56. The van der Waals surface area contributed by atoms with Crippen LogP contribution in [0.15, 0.2) is 28.5 Å². The van der Waals surface area contributed by atoms with Gasteiger partial charge in [-0.05, 0) is 38.0 Å². The van der Waals surface area contributed by atoms with Crippen LogP contribution in [0.5, 0.6) is 0 Å². The van der Waals surface area contributed by atoms with Crippen molar-refractivity contribution in [3.8, 4) is 0 Å². The number of allylic oxidation sites excluding steroid dienone is 3. The standard InChI is InChI=1S/C8H12N2/c1-6-4-5-9-10-8(3)7(6)2/h4-5,9H,1-3H3. The Balaban J connectivity index is 3.02. The predicted molar refractivity (Wildman–Crippen MR) is 43.8 cm³/mol. The second-order valence-corrected chi connectivity index (χ2v) is 2.47. The first kappa shape index (κ1) is 7.06. The van der Waals surface area contributed by atoms with Gasteiger partial charge in [0.15, 0.2) is 0 Å². The molecule has 0 atom stereocenters. The number of nitrogens with zero attached hydrogens (tertiary/aromatic N) is 1. The van der Waals surface area contributed by atoms with Gasteiger partial charge in [-0.1, -0.05) is 0 Å². The third-order valence-corrected chi connectivity index (χ3v) is 1.77. The Kier molecular flexibility index (Phi) is 1.90. The maximum absolute atomic E-state index is 4.08. The molecule has 0 aliphatic carbocycles. The molecule has 0 aromatic rings. The van der Waals surface area contributed by atoms with Gasteiger partial charge in [0.2, 0.25) is 0 Å². The topological polar surface area (TPSA) is 24.4 Å². The molecule has 0 amide bonds. The van der Waals surface area contributed by atoms with Crippen molar-refractivity contribution in [2.75, 3.05) is 0 Å². The summed E-state index contributed by atoms with van der Waals surface area (Å²) in [4.78, 5) is 0. The first-order valence-electron chi connectivity index (χ1n) is 3.36. The first-order valence-corrected chi connectivity index (χ1v) is 3.36. The average molecular weight is 136 g/mol. The molecule has 2 heteroatoms. The van der Waals surface area contributed by atoms with Crippen LogP contribution in [-0.4, -0.2) is 5.71 Å². The number of hydrazone groups is 1. The van der Waals surface area contributed by atoms with Crippen molar-refractivity contribution >= 4 is 5.71 Å². The minimum atomic E-state index is 1.06. The third-order valence-electron chi connectivity index (χ3n) is 1.77. The van der Waals surface area contributed by atoms with Gasteiger partial charge in [0.1, 0.15) is 0 Å². The molecule has 0 unspecified atom stereocenters. The number of rotatable bonds is 0. The molecule has 0 aromatic carbocycles. The van der Waals surface area contributed by atoms with Gasteiger partial charge < -0.3 is 0 Å². The summed E-state index contributed by atoms with van der Waals surface area (Å²) in [5.41, 5.74) is 6.40. The Morgan fingerprint density at radius 3 is 2.70 bits per heavy atom. The van der Waals surface area contributed by atoms with Crippen LogP contribution >= 0.6 is 0 Å². The van der Waals surface area contributed by atoms with E-state index in [9.17, 15) is 0 Å². The lowest BCUT2D eigenvalue weighted by atomic mass is 10.1. The van der Waals surface area contributed by atoms with Crippen molar-refractivity contribution in [3.63, 3.8) is 0 Å². The fraction of sp³-hybridized carbons (Fsp3) is 0.375. The summed E-state index contributed by atoms with van der Waals surface area (Å²) in [5, 5.41) is 4.08. The lowest BCUT2D eigenvalue weighted by molar-refractivity contribution is 0.968. The molecular weight excluding hydrogens is 124 g/mol. The molecule has 0 saturated heterocycles. The second-order valence-electron chi connectivity index (χ2n) is 2.47. The smallest absolute Gasteiger partial charge is 0.0607 e. The Hall–Kier alpha value is -1.05. The molecule has 0 radical (unpaired) electrons. The molecule has 0 spiro atoms. The molecule has 1 heterocycles. The summed E-state index contributed by atoms with van der Waals surface area (Å²) in [5.74, 6) is 0. The summed E-state index contributed by atoms with van der Waals surface area (Å²) in [7, 11) is 0. The van der Waals surface area contributed by atoms with Crippen LogP contribution in [0.25, 0.3) is 0 Å². The van der Waals surface area contributed by atoms with Crippen molar-refractivity contribution in [1.29, 1.82) is 0 Å². The fourth-order valence-electron chi connectivity index (χ4n) is 0.791. The largest absolute Gasteiger partial charge is 0.286 e. The summed E-state index contributed by atoms with van der Waals surface area (Å²) >= 11 is 0. The third kappa shape index (κ3) is 1.26. The SMILES string of the molecule is CC1=NNC=CC(C)=C1C. The molecule has 1 aliphatic rings. The molecule has 0 saturated carbocycles. The van der Waals surface area contributed by atoms with Gasteiger partial charge >= 0.3 is 0 Å². The van der Waals surface area contributed by atoms with Crippen LogP contribution in [0.1, 0.15) is 20.8 Å². The molecule has 2 nitrogen and oxygen atoms in total. The fourth-order valence-corrected chi connectivity index (χ4v) is 0.791. The zero-order valence-electron chi connectivity index (χ0n) is 6.60. The lowest BCUT2D eigenvalue weighted by Gasteiger charge is -1.98. The monoisotopic (exact) mass is 136 g/mol. The molecule has 0 aromatic heterocycles. The molecule has 1 rings (SSSR count).